The van der Waals surface area contributed by atoms with Gasteiger partial charge in [-0.1, -0.05) is 32.4 Å². The number of rotatable bonds is 0. The minimum atomic E-state index is -0.123. The van der Waals surface area contributed by atoms with Crippen molar-refractivity contribution in [3.63, 3.8) is 0 Å². The summed E-state index contributed by atoms with van der Waals surface area (Å²) in [7, 11) is 0. The predicted octanol–water partition coefficient (Wildman–Crippen LogP) is 4.37. The average Bonchev–Trinajstić information content (AvgIpc) is 2.73. The fraction of sp³-hybridized carbons (Fsp3) is 0.700. The molecule has 0 aromatic carbocycles. The van der Waals surface area contributed by atoms with Crippen molar-refractivity contribution in [1.29, 1.82) is 0 Å². The Morgan fingerprint density at radius 1 is 1.26 bits per heavy atom. The fourth-order valence-corrected chi connectivity index (χ4v) is 4.72. The van der Waals surface area contributed by atoms with Gasteiger partial charge in [-0.3, -0.25) is 4.79 Å². The molecule has 0 saturated heterocycles. The lowest BCUT2D eigenvalue weighted by molar-refractivity contribution is -0.140. The molecule has 3 nitrogen and oxygen atoms in total. The Balaban J connectivity index is 2.00. The fourth-order valence-electron chi connectivity index (χ4n) is 4.72. The molecule has 3 heteroatoms. The predicted molar refractivity (Wildman–Crippen MR) is 89.8 cm³/mol. The summed E-state index contributed by atoms with van der Waals surface area (Å²) in [6.45, 7) is 8.71. The quantitative estimate of drug-likeness (QED) is 0.492. The number of fused-ring (bicyclic) bond motifs is 1. The van der Waals surface area contributed by atoms with E-state index in [2.05, 4.69) is 33.8 Å². The Morgan fingerprint density at radius 2 is 2.00 bits per heavy atom. The van der Waals surface area contributed by atoms with Gasteiger partial charge in [-0.2, -0.15) is 0 Å². The number of esters is 1. The summed E-state index contributed by atoms with van der Waals surface area (Å²) >= 11 is 0. The highest BCUT2D eigenvalue weighted by Crippen LogP contribution is 2.52. The maximum absolute atomic E-state index is 12.3. The molecule has 2 aliphatic carbocycles. The second-order valence-corrected chi connectivity index (χ2v) is 8.29. The monoisotopic (exact) mass is 316 g/mol. The molecule has 23 heavy (non-hydrogen) atoms. The molecule has 0 saturated carbocycles. The molecular formula is C20H28O3. The van der Waals surface area contributed by atoms with Crippen LogP contribution in [0, 0.1) is 17.3 Å². The molecular weight excluding hydrogens is 288 g/mol. The maximum Gasteiger partial charge on any atom is 0.334 e. The number of carbonyl (C=O) groups is 2. The van der Waals surface area contributed by atoms with Gasteiger partial charge in [-0.05, 0) is 55.4 Å². The van der Waals surface area contributed by atoms with Crippen LogP contribution in [0.25, 0.3) is 0 Å². The van der Waals surface area contributed by atoms with E-state index in [1.807, 2.05) is 0 Å². The number of allylic oxidation sites excluding steroid dienone is 2. The SMILES string of the molecule is C/C1=C/C[C@@H]2CCC3=C([C@@H](C[C@@H](C)CC(=O)C1)OC3=O)C2(C)C. The van der Waals surface area contributed by atoms with Gasteiger partial charge in [0.15, 0.2) is 0 Å². The van der Waals surface area contributed by atoms with E-state index in [0.29, 0.717) is 24.5 Å². The minimum Gasteiger partial charge on any atom is -0.454 e. The summed E-state index contributed by atoms with van der Waals surface area (Å²) in [5, 5.41) is 0. The van der Waals surface area contributed by atoms with Gasteiger partial charge >= 0.3 is 5.97 Å². The zero-order valence-corrected chi connectivity index (χ0v) is 14.8. The molecule has 0 N–H and O–H groups in total. The lowest BCUT2D eigenvalue weighted by Crippen LogP contribution is -2.35. The van der Waals surface area contributed by atoms with Crippen molar-refractivity contribution in [2.24, 2.45) is 17.3 Å². The van der Waals surface area contributed by atoms with Crippen LogP contribution in [0.3, 0.4) is 0 Å². The van der Waals surface area contributed by atoms with E-state index >= 15 is 0 Å². The standard InChI is InChI=1S/C20H28O3/c1-12-5-6-14-7-8-16-18(20(14,3)4)17(23-19(16)22)11-13(2)10-15(21)9-12/h5,13-14,17H,6-11H2,1-4H3/b12-5-/t13-,14+,17+/m0/s1. The van der Waals surface area contributed by atoms with Crippen LogP contribution in [0.15, 0.2) is 22.8 Å². The highest BCUT2D eigenvalue weighted by molar-refractivity contribution is 5.93. The summed E-state index contributed by atoms with van der Waals surface area (Å²) in [6, 6.07) is 0. The third kappa shape index (κ3) is 3.02. The van der Waals surface area contributed by atoms with E-state index in [1.165, 1.54) is 11.1 Å². The number of hydrogen-bond acceptors (Lipinski definition) is 3. The van der Waals surface area contributed by atoms with E-state index in [9.17, 15) is 9.59 Å². The highest BCUT2D eigenvalue weighted by atomic mass is 16.5. The van der Waals surface area contributed by atoms with Gasteiger partial charge in [0, 0.05) is 18.4 Å². The summed E-state index contributed by atoms with van der Waals surface area (Å²) in [5.41, 5.74) is 3.33. The van der Waals surface area contributed by atoms with Crippen LogP contribution in [0.2, 0.25) is 0 Å². The van der Waals surface area contributed by atoms with Gasteiger partial charge < -0.3 is 4.74 Å². The van der Waals surface area contributed by atoms with Crippen LogP contribution in [0.1, 0.15) is 66.2 Å². The summed E-state index contributed by atoms with van der Waals surface area (Å²) < 4.78 is 5.72. The zero-order valence-electron chi connectivity index (χ0n) is 14.8. The molecule has 1 aliphatic heterocycles. The molecule has 0 aromatic rings. The Hall–Kier alpha value is -1.38. The van der Waals surface area contributed by atoms with Crippen molar-refractivity contribution in [2.75, 3.05) is 0 Å². The first-order valence-electron chi connectivity index (χ1n) is 8.91. The lowest BCUT2D eigenvalue weighted by atomic mass is 9.62. The normalized spacial score (nSPS) is 36.7. The first-order valence-corrected chi connectivity index (χ1v) is 8.91. The van der Waals surface area contributed by atoms with Crippen molar-refractivity contribution in [1.82, 2.24) is 0 Å². The Kier molecular flexibility index (Phi) is 4.24. The number of hydrogen-bond donors (Lipinski definition) is 0. The summed E-state index contributed by atoms with van der Waals surface area (Å²) in [5.74, 6) is 0.944. The minimum absolute atomic E-state index is 0.00981. The number of ether oxygens (including phenoxy) is 1. The molecule has 0 fully saturated rings. The van der Waals surface area contributed by atoms with E-state index in [-0.39, 0.29) is 23.4 Å². The van der Waals surface area contributed by atoms with Crippen LogP contribution in [0.5, 0.6) is 0 Å². The molecule has 0 radical (unpaired) electrons. The smallest absolute Gasteiger partial charge is 0.334 e. The third-order valence-electron chi connectivity index (χ3n) is 6.02. The highest BCUT2D eigenvalue weighted by Gasteiger charge is 2.48. The Labute approximate surface area is 139 Å². The molecule has 1 heterocycles. The van der Waals surface area contributed by atoms with Gasteiger partial charge in [0.05, 0.1) is 0 Å². The van der Waals surface area contributed by atoms with Gasteiger partial charge in [-0.25, -0.2) is 4.79 Å². The first kappa shape index (κ1) is 16.5. The zero-order chi connectivity index (χ0) is 16.8. The maximum atomic E-state index is 12.3. The molecule has 3 aliphatic rings. The van der Waals surface area contributed by atoms with E-state index in [1.54, 1.807) is 0 Å². The number of ketones is 1. The summed E-state index contributed by atoms with van der Waals surface area (Å²) in [4.78, 5) is 24.5. The van der Waals surface area contributed by atoms with Gasteiger partial charge in [0.2, 0.25) is 0 Å². The summed E-state index contributed by atoms with van der Waals surface area (Å²) in [6.07, 6.45) is 6.90. The topological polar surface area (TPSA) is 43.4 Å². The molecule has 126 valence electrons. The molecule has 3 rings (SSSR count). The average molecular weight is 316 g/mol. The van der Waals surface area contributed by atoms with Crippen molar-refractivity contribution in [2.45, 2.75) is 72.3 Å². The Morgan fingerprint density at radius 3 is 2.74 bits per heavy atom. The van der Waals surface area contributed by atoms with Crippen molar-refractivity contribution in [3.05, 3.63) is 22.8 Å². The van der Waals surface area contributed by atoms with Crippen LogP contribution in [0.4, 0.5) is 0 Å². The van der Waals surface area contributed by atoms with Gasteiger partial charge in [0.1, 0.15) is 11.9 Å². The first-order chi connectivity index (χ1) is 10.8. The molecule has 0 amide bonds. The second kappa shape index (κ2) is 5.92. The van der Waals surface area contributed by atoms with Crippen molar-refractivity contribution >= 4 is 11.8 Å². The molecule has 0 spiro atoms. The molecule has 3 atom stereocenters. The van der Waals surface area contributed by atoms with Gasteiger partial charge in [0.25, 0.3) is 0 Å². The largest absolute Gasteiger partial charge is 0.454 e. The molecule has 0 unspecified atom stereocenters. The third-order valence-corrected chi connectivity index (χ3v) is 6.02. The van der Waals surface area contributed by atoms with E-state index < -0.39 is 0 Å². The lowest BCUT2D eigenvalue weighted by Gasteiger charge is -2.41. The van der Waals surface area contributed by atoms with Crippen LogP contribution >= 0.6 is 0 Å². The van der Waals surface area contributed by atoms with E-state index in [4.69, 9.17) is 4.74 Å². The van der Waals surface area contributed by atoms with Crippen molar-refractivity contribution in [3.8, 4) is 0 Å². The van der Waals surface area contributed by atoms with Crippen LogP contribution in [-0.2, 0) is 14.3 Å². The van der Waals surface area contributed by atoms with Crippen molar-refractivity contribution < 1.29 is 14.3 Å². The second-order valence-electron chi connectivity index (χ2n) is 8.29. The van der Waals surface area contributed by atoms with E-state index in [0.717, 1.165) is 31.3 Å². The Bertz CT molecular complexity index is 594. The molecule has 0 aromatic heterocycles. The number of Topliss-reactive ketones (excluding diaryl/α,β-unsaturated/α-hetero) is 1. The van der Waals surface area contributed by atoms with Gasteiger partial charge in [-0.15, -0.1) is 0 Å². The van der Waals surface area contributed by atoms with Crippen LogP contribution < -0.4 is 0 Å². The molecule has 2 bridgehead atoms. The van der Waals surface area contributed by atoms with Crippen LogP contribution in [-0.4, -0.2) is 17.9 Å². The number of carbonyl (C=O) groups excluding carboxylic acids is 2.